The Bertz CT molecular complexity index is 403. The number of amidine groups is 1. The van der Waals surface area contributed by atoms with Crippen molar-refractivity contribution in [3.05, 3.63) is 0 Å². The summed E-state index contributed by atoms with van der Waals surface area (Å²) in [6.45, 7) is 4.22. The van der Waals surface area contributed by atoms with Gasteiger partial charge in [-0.2, -0.15) is 4.40 Å². The van der Waals surface area contributed by atoms with Crippen LogP contribution in [0.2, 0.25) is 0 Å². The van der Waals surface area contributed by atoms with E-state index >= 15 is 0 Å². The minimum Gasteiger partial charge on any atom is -0.359 e. The van der Waals surface area contributed by atoms with Gasteiger partial charge in [0.15, 0.2) is 0 Å². The van der Waals surface area contributed by atoms with Crippen molar-refractivity contribution in [2.24, 2.45) is 16.2 Å². The first-order chi connectivity index (χ1) is 8.46. The SMILES string of the molecule is CC1CCC(/C(=N/S(C)(=O)=O)N2CCCC2)CC1. The molecule has 0 aromatic carbocycles. The average Bonchev–Trinajstić information content (AvgIpc) is 2.79. The summed E-state index contributed by atoms with van der Waals surface area (Å²) in [5.41, 5.74) is 0. The van der Waals surface area contributed by atoms with Crippen molar-refractivity contribution in [1.82, 2.24) is 4.90 Å². The maximum atomic E-state index is 11.5. The van der Waals surface area contributed by atoms with Crippen molar-refractivity contribution in [2.45, 2.75) is 45.4 Å². The van der Waals surface area contributed by atoms with Gasteiger partial charge in [-0.3, -0.25) is 0 Å². The molecule has 1 saturated carbocycles. The van der Waals surface area contributed by atoms with Crippen molar-refractivity contribution in [3.63, 3.8) is 0 Å². The van der Waals surface area contributed by atoms with Crippen LogP contribution < -0.4 is 0 Å². The van der Waals surface area contributed by atoms with Crippen molar-refractivity contribution in [1.29, 1.82) is 0 Å². The van der Waals surface area contributed by atoms with Gasteiger partial charge in [-0.15, -0.1) is 0 Å². The molecule has 5 heteroatoms. The molecule has 4 nitrogen and oxygen atoms in total. The second-order valence-corrected chi connectivity index (χ2v) is 7.48. The molecule has 0 amide bonds. The lowest BCUT2D eigenvalue weighted by Gasteiger charge is -2.31. The fraction of sp³-hybridized carbons (Fsp3) is 0.923. The van der Waals surface area contributed by atoms with Crippen LogP contribution in [0, 0.1) is 11.8 Å². The number of nitrogens with zero attached hydrogens (tertiary/aromatic N) is 2. The van der Waals surface area contributed by atoms with Crippen LogP contribution in [0.25, 0.3) is 0 Å². The standard InChI is InChI=1S/C13H24N2O2S/c1-11-5-7-12(8-6-11)13(14-18(2,16)17)15-9-3-4-10-15/h11-12H,3-10H2,1-2H3/b14-13-. The summed E-state index contributed by atoms with van der Waals surface area (Å²) in [6, 6.07) is 0. The fourth-order valence-corrected chi connectivity index (χ4v) is 3.63. The lowest BCUT2D eigenvalue weighted by Crippen LogP contribution is -2.36. The summed E-state index contributed by atoms with van der Waals surface area (Å²) in [7, 11) is -3.28. The summed E-state index contributed by atoms with van der Waals surface area (Å²) in [5.74, 6) is 1.98. The monoisotopic (exact) mass is 272 g/mol. The first-order valence-corrected chi connectivity index (χ1v) is 8.85. The summed E-state index contributed by atoms with van der Waals surface area (Å²) in [5, 5.41) is 0. The molecule has 1 aliphatic heterocycles. The molecule has 0 bridgehead atoms. The quantitative estimate of drug-likeness (QED) is 0.572. The third-order valence-electron chi connectivity index (χ3n) is 4.07. The minimum absolute atomic E-state index is 0.356. The van der Waals surface area contributed by atoms with E-state index in [0.717, 1.165) is 50.5 Å². The number of likely N-dealkylation sites (tertiary alicyclic amines) is 1. The predicted molar refractivity (Wildman–Crippen MR) is 74.2 cm³/mol. The van der Waals surface area contributed by atoms with Crippen molar-refractivity contribution < 1.29 is 8.42 Å². The van der Waals surface area contributed by atoms with Gasteiger partial charge in [0.2, 0.25) is 0 Å². The fourth-order valence-electron chi connectivity index (χ4n) is 3.02. The van der Waals surface area contributed by atoms with E-state index in [9.17, 15) is 8.42 Å². The third kappa shape index (κ3) is 3.70. The third-order valence-corrected chi connectivity index (χ3v) is 4.59. The van der Waals surface area contributed by atoms with E-state index < -0.39 is 10.0 Å². The van der Waals surface area contributed by atoms with E-state index in [2.05, 4.69) is 16.2 Å². The molecule has 0 spiro atoms. The van der Waals surface area contributed by atoms with E-state index in [0.29, 0.717) is 5.92 Å². The zero-order chi connectivity index (χ0) is 13.2. The molecule has 0 atom stereocenters. The van der Waals surface area contributed by atoms with Gasteiger partial charge in [0.1, 0.15) is 5.84 Å². The molecular formula is C13H24N2O2S. The molecule has 1 aliphatic carbocycles. The van der Waals surface area contributed by atoms with Gasteiger partial charge < -0.3 is 4.90 Å². The Balaban J connectivity index is 2.16. The Morgan fingerprint density at radius 1 is 1.11 bits per heavy atom. The molecule has 2 fully saturated rings. The number of sulfonamides is 1. The van der Waals surface area contributed by atoms with E-state index in [1.807, 2.05) is 0 Å². The summed E-state index contributed by atoms with van der Waals surface area (Å²) < 4.78 is 27.0. The highest BCUT2D eigenvalue weighted by Crippen LogP contribution is 2.31. The summed E-state index contributed by atoms with van der Waals surface area (Å²) >= 11 is 0. The molecule has 2 aliphatic rings. The highest BCUT2D eigenvalue weighted by molar-refractivity contribution is 7.89. The number of hydrogen-bond donors (Lipinski definition) is 0. The van der Waals surface area contributed by atoms with Gasteiger partial charge in [0.05, 0.1) is 6.26 Å². The largest absolute Gasteiger partial charge is 0.359 e. The highest BCUT2D eigenvalue weighted by Gasteiger charge is 2.28. The van der Waals surface area contributed by atoms with Crippen LogP contribution in [0.5, 0.6) is 0 Å². The van der Waals surface area contributed by atoms with E-state index in [-0.39, 0.29) is 0 Å². The highest BCUT2D eigenvalue weighted by atomic mass is 32.2. The van der Waals surface area contributed by atoms with Crippen molar-refractivity contribution in [3.8, 4) is 0 Å². The molecule has 0 aromatic heterocycles. The topological polar surface area (TPSA) is 49.7 Å². The molecule has 2 rings (SSSR count). The Labute approximate surface area is 111 Å². The van der Waals surface area contributed by atoms with Gasteiger partial charge in [-0.1, -0.05) is 19.8 Å². The molecule has 0 radical (unpaired) electrons. The summed E-state index contributed by atoms with van der Waals surface area (Å²) in [4.78, 5) is 2.20. The number of rotatable bonds is 2. The lowest BCUT2D eigenvalue weighted by atomic mass is 9.82. The second-order valence-electron chi connectivity index (χ2n) is 5.83. The smallest absolute Gasteiger partial charge is 0.251 e. The first-order valence-electron chi connectivity index (χ1n) is 7.00. The van der Waals surface area contributed by atoms with Gasteiger partial charge >= 0.3 is 0 Å². The minimum atomic E-state index is -3.28. The molecule has 1 saturated heterocycles. The molecule has 0 unspecified atom stereocenters. The molecule has 0 N–H and O–H groups in total. The maximum Gasteiger partial charge on any atom is 0.251 e. The molecule has 104 valence electrons. The second kappa shape index (κ2) is 5.59. The molecule has 0 aromatic rings. The Kier molecular flexibility index (Phi) is 4.30. The molecule has 1 heterocycles. The van der Waals surface area contributed by atoms with Crippen LogP contribution in [0.15, 0.2) is 4.40 Å². The Morgan fingerprint density at radius 2 is 1.67 bits per heavy atom. The Morgan fingerprint density at radius 3 is 2.17 bits per heavy atom. The van der Waals surface area contributed by atoms with Crippen LogP contribution in [-0.4, -0.2) is 38.5 Å². The van der Waals surface area contributed by atoms with Gasteiger partial charge in [-0.25, -0.2) is 8.42 Å². The lowest BCUT2D eigenvalue weighted by molar-refractivity contribution is 0.323. The van der Waals surface area contributed by atoms with Crippen LogP contribution in [0.1, 0.15) is 45.4 Å². The average molecular weight is 272 g/mol. The van der Waals surface area contributed by atoms with E-state index in [1.54, 1.807) is 0 Å². The number of hydrogen-bond acceptors (Lipinski definition) is 2. The Hall–Kier alpha value is -0.580. The van der Waals surface area contributed by atoms with Crippen molar-refractivity contribution >= 4 is 15.9 Å². The zero-order valence-electron chi connectivity index (χ0n) is 11.4. The van der Waals surface area contributed by atoms with E-state index in [4.69, 9.17) is 0 Å². The van der Waals surface area contributed by atoms with Crippen LogP contribution in [0.3, 0.4) is 0 Å². The predicted octanol–water partition coefficient (Wildman–Crippen LogP) is 2.27. The summed E-state index contributed by atoms with van der Waals surface area (Å²) in [6.07, 6.45) is 8.09. The molecule has 18 heavy (non-hydrogen) atoms. The maximum absolute atomic E-state index is 11.5. The van der Waals surface area contributed by atoms with Crippen molar-refractivity contribution in [2.75, 3.05) is 19.3 Å². The van der Waals surface area contributed by atoms with Crippen LogP contribution >= 0.6 is 0 Å². The van der Waals surface area contributed by atoms with Gasteiger partial charge in [0, 0.05) is 19.0 Å². The first kappa shape index (κ1) is 13.8. The molecular weight excluding hydrogens is 248 g/mol. The van der Waals surface area contributed by atoms with Gasteiger partial charge in [0.25, 0.3) is 10.0 Å². The van der Waals surface area contributed by atoms with E-state index in [1.165, 1.54) is 19.1 Å². The van der Waals surface area contributed by atoms with Crippen LogP contribution in [-0.2, 0) is 10.0 Å². The van der Waals surface area contributed by atoms with Gasteiger partial charge in [-0.05, 0) is 31.6 Å². The normalized spacial score (nSPS) is 30.8. The zero-order valence-corrected chi connectivity index (χ0v) is 12.2. The van der Waals surface area contributed by atoms with Crippen LogP contribution in [0.4, 0.5) is 0 Å².